The molecule has 4 nitrogen and oxygen atoms in total. The fraction of sp³-hybridized carbons (Fsp3) is 0.857. The van der Waals surface area contributed by atoms with Crippen molar-refractivity contribution >= 4 is 11.8 Å². The molecule has 0 aromatic carbocycles. The fourth-order valence-corrected chi connectivity index (χ4v) is 2.84. The van der Waals surface area contributed by atoms with Gasteiger partial charge in [0.15, 0.2) is 5.82 Å². The van der Waals surface area contributed by atoms with Crippen LogP contribution in [0.3, 0.4) is 0 Å². The molecule has 0 aliphatic carbocycles. The molecule has 19 heavy (non-hydrogen) atoms. The monoisotopic (exact) mass is 285 g/mol. The predicted molar refractivity (Wildman–Crippen MR) is 81.4 cm³/mol. The normalized spacial score (nSPS) is 16.6. The quantitative estimate of drug-likeness (QED) is 0.793. The lowest BCUT2D eigenvalue weighted by Crippen LogP contribution is -2.32. The van der Waals surface area contributed by atoms with E-state index in [1.165, 1.54) is 6.42 Å². The summed E-state index contributed by atoms with van der Waals surface area (Å²) >= 11 is 1.88. The maximum Gasteiger partial charge on any atom is 0.231 e. The van der Waals surface area contributed by atoms with Crippen molar-refractivity contribution in [3.05, 3.63) is 11.7 Å². The summed E-state index contributed by atoms with van der Waals surface area (Å²) in [5.41, 5.74) is 0. The van der Waals surface area contributed by atoms with Gasteiger partial charge in [0.2, 0.25) is 5.89 Å². The minimum Gasteiger partial charge on any atom is -0.339 e. The summed E-state index contributed by atoms with van der Waals surface area (Å²) in [5.74, 6) is 3.14. The molecule has 0 fully saturated rings. The molecule has 0 saturated heterocycles. The van der Waals surface area contributed by atoms with Gasteiger partial charge in [0.1, 0.15) is 0 Å². The Hall–Kier alpha value is -0.550. The average molecular weight is 285 g/mol. The highest BCUT2D eigenvalue weighted by Crippen LogP contribution is 2.27. The van der Waals surface area contributed by atoms with Gasteiger partial charge in [0.05, 0.1) is 11.7 Å². The number of nitrogens with zero attached hydrogens (tertiary/aromatic N) is 2. The van der Waals surface area contributed by atoms with Gasteiger partial charge in [-0.15, -0.1) is 0 Å². The summed E-state index contributed by atoms with van der Waals surface area (Å²) in [6.45, 7) is 11.0. The SMILES string of the molecule is CCC(C)SCc1noc(C(C(C)C)C(C)NC)n1. The van der Waals surface area contributed by atoms with Gasteiger partial charge in [-0.2, -0.15) is 16.7 Å². The zero-order valence-corrected chi connectivity index (χ0v) is 13.8. The summed E-state index contributed by atoms with van der Waals surface area (Å²) in [6, 6.07) is 0.329. The zero-order valence-electron chi connectivity index (χ0n) is 12.9. The summed E-state index contributed by atoms with van der Waals surface area (Å²) in [4.78, 5) is 4.57. The van der Waals surface area contributed by atoms with Crippen molar-refractivity contribution in [1.29, 1.82) is 0 Å². The standard InChI is InChI=1S/C14H27N3OS/c1-7-10(4)19-8-12-16-14(18-17-12)13(9(2)3)11(5)15-6/h9-11,13,15H,7-8H2,1-6H3. The van der Waals surface area contributed by atoms with E-state index in [4.69, 9.17) is 4.52 Å². The molecule has 1 rings (SSSR count). The molecule has 1 heterocycles. The predicted octanol–water partition coefficient (Wildman–Crippen LogP) is 3.45. The molecule has 0 saturated carbocycles. The third-order valence-corrected chi connectivity index (χ3v) is 4.88. The molecule has 1 aromatic heterocycles. The number of likely N-dealkylation sites (N-methyl/N-ethyl adjacent to an activating group) is 1. The van der Waals surface area contributed by atoms with E-state index in [0.717, 1.165) is 17.5 Å². The molecule has 1 aromatic rings. The Kier molecular flexibility index (Phi) is 6.86. The summed E-state index contributed by atoms with van der Waals surface area (Å²) in [5, 5.41) is 8.03. The summed E-state index contributed by atoms with van der Waals surface area (Å²) in [7, 11) is 1.97. The lowest BCUT2D eigenvalue weighted by molar-refractivity contribution is 0.285. The lowest BCUT2D eigenvalue weighted by Gasteiger charge is -2.23. The van der Waals surface area contributed by atoms with Crippen molar-refractivity contribution in [1.82, 2.24) is 15.5 Å². The number of hydrogen-bond donors (Lipinski definition) is 1. The van der Waals surface area contributed by atoms with Crippen LogP contribution in [0.15, 0.2) is 4.52 Å². The van der Waals surface area contributed by atoms with Gasteiger partial charge in [-0.3, -0.25) is 0 Å². The highest BCUT2D eigenvalue weighted by Gasteiger charge is 2.27. The van der Waals surface area contributed by atoms with Gasteiger partial charge < -0.3 is 9.84 Å². The molecule has 0 bridgehead atoms. The zero-order chi connectivity index (χ0) is 14.4. The second kappa shape index (κ2) is 7.90. The van der Waals surface area contributed by atoms with Gasteiger partial charge in [-0.05, 0) is 26.3 Å². The van der Waals surface area contributed by atoms with Gasteiger partial charge in [0.25, 0.3) is 0 Å². The van der Waals surface area contributed by atoms with Crippen molar-refractivity contribution in [2.45, 2.75) is 64.0 Å². The third kappa shape index (κ3) is 4.80. The maximum absolute atomic E-state index is 5.46. The minimum atomic E-state index is 0.264. The molecule has 3 atom stereocenters. The summed E-state index contributed by atoms with van der Waals surface area (Å²) in [6.07, 6.45) is 1.17. The van der Waals surface area contributed by atoms with Crippen LogP contribution in [0.2, 0.25) is 0 Å². The van der Waals surface area contributed by atoms with Gasteiger partial charge in [-0.1, -0.05) is 32.9 Å². The van der Waals surface area contributed by atoms with Crippen LogP contribution in [0, 0.1) is 5.92 Å². The Labute approximate surface area is 121 Å². The van der Waals surface area contributed by atoms with Crippen LogP contribution in [0.4, 0.5) is 0 Å². The first-order chi connectivity index (χ1) is 8.99. The Morgan fingerprint density at radius 1 is 1.26 bits per heavy atom. The number of aromatic nitrogens is 2. The molecule has 0 amide bonds. The first kappa shape index (κ1) is 16.5. The molecular weight excluding hydrogens is 258 g/mol. The molecule has 5 heteroatoms. The van der Waals surface area contributed by atoms with E-state index >= 15 is 0 Å². The van der Waals surface area contributed by atoms with E-state index in [-0.39, 0.29) is 5.92 Å². The topological polar surface area (TPSA) is 51.0 Å². The fourth-order valence-electron chi connectivity index (χ4n) is 2.05. The highest BCUT2D eigenvalue weighted by molar-refractivity contribution is 7.99. The van der Waals surface area contributed by atoms with Crippen molar-refractivity contribution in [3.8, 4) is 0 Å². The van der Waals surface area contributed by atoms with E-state index in [0.29, 0.717) is 17.2 Å². The molecule has 0 aliphatic heterocycles. The van der Waals surface area contributed by atoms with Gasteiger partial charge >= 0.3 is 0 Å². The Bertz CT molecular complexity index is 367. The number of nitrogens with one attached hydrogen (secondary N) is 1. The Morgan fingerprint density at radius 3 is 2.47 bits per heavy atom. The van der Waals surface area contributed by atoms with E-state index in [2.05, 4.69) is 50.1 Å². The van der Waals surface area contributed by atoms with E-state index in [9.17, 15) is 0 Å². The molecule has 1 N–H and O–H groups in total. The second-order valence-corrected chi connectivity index (χ2v) is 6.85. The van der Waals surface area contributed by atoms with Gasteiger partial charge in [-0.25, -0.2) is 0 Å². The van der Waals surface area contributed by atoms with Crippen molar-refractivity contribution in [2.24, 2.45) is 5.92 Å². The number of hydrogen-bond acceptors (Lipinski definition) is 5. The van der Waals surface area contributed by atoms with Crippen LogP contribution in [0.5, 0.6) is 0 Å². The lowest BCUT2D eigenvalue weighted by atomic mass is 9.89. The van der Waals surface area contributed by atoms with Crippen LogP contribution < -0.4 is 5.32 Å². The molecule has 0 spiro atoms. The Balaban J connectivity index is 2.70. The van der Waals surface area contributed by atoms with Crippen molar-refractivity contribution in [3.63, 3.8) is 0 Å². The maximum atomic E-state index is 5.46. The first-order valence-electron chi connectivity index (χ1n) is 7.10. The highest BCUT2D eigenvalue weighted by atomic mass is 32.2. The third-order valence-electron chi connectivity index (χ3n) is 3.55. The van der Waals surface area contributed by atoms with Crippen molar-refractivity contribution < 1.29 is 4.52 Å². The van der Waals surface area contributed by atoms with Crippen LogP contribution in [-0.4, -0.2) is 28.5 Å². The van der Waals surface area contributed by atoms with Crippen LogP contribution >= 0.6 is 11.8 Å². The van der Waals surface area contributed by atoms with Crippen LogP contribution in [0.25, 0.3) is 0 Å². The molecule has 110 valence electrons. The van der Waals surface area contributed by atoms with Crippen LogP contribution in [-0.2, 0) is 5.75 Å². The Morgan fingerprint density at radius 2 is 1.95 bits per heavy atom. The molecular formula is C14H27N3OS. The smallest absolute Gasteiger partial charge is 0.231 e. The van der Waals surface area contributed by atoms with E-state index in [1.807, 2.05) is 18.8 Å². The summed E-state index contributed by atoms with van der Waals surface area (Å²) < 4.78 is 5.46. The molecule has 0 aliphatic rings. The minimum absolute atomic E-state index is 0.264. The average Bonchev–Trinajstić information content (AvgIpc) is 2.83. The van der Waals surface area contributed by atoms with Crippen molar-refractivity contribution in [2.75, 3.05) is 7.05 Å². The molecule has 3 unspecified atom stereocenters. The van der Waals surface area contributed by atoms with Crippen LogP contribution in [0.1, 0.15) is 58.7 Å². The van der Waals surface area contributed by atoms with E-state index < -0.39 is 0 Å². The largest absolute Gasteiger partial charge is 0.339 e. The number of thioether (sulfide) groups is 1. The van der Waals surface area contributed by atoms with E-state index in [1.54, 1.807) is 0 Å². The molecule has 0 radical (unpaired) electrons. The van der Waals surface area contributed by atoms with Gasteiger partial charge in [0, 0.05) is 11.3 Å². The number of rotatable bonds is 8. The first-order valence-corrected chi connectivity index (χ1v) is 8.15. The second-order valence-electron chi connectivity index (χ2n) is 5.43.